The molecule has 0 radical (unpaired) electrons. The van der Waals surface area contributed by atoms with Crippen molar-refractivity contribution in [2.24, 2.45) is 10.7 Å². The average molecular weight is 374 g/mol. The Morgan fingerprint density at radius 3 is 2.92 bits per heavy atom. The zero-order chi connectivity index (χ0) is 18.1. The number of halogens is 1. The second-order valence-electron chi connectivity index (χ2n) is 6.60. The van der Waals surface area contributed by atoms with Gasteiger partial charge >= 0.3 is 0 Å². The SMILES string of the molecule is COCCC1C[C@]2(COC(N)=N2)c2cc(-c3cncc(Cl)c3)ccc2O1. The molecule has 0 saturated heterocycles. The number of fused-ring (bicyclic) bond motifs is 2. The second-order valence-corrected chi connectivity index (χ2v) is 7.03. The number of aliphatic imine (C=N–C) groups is 1. The third-order valence-corrected chi connectivity index (χ3v) is 5.01. The van der Waals surface area contributed by atoms with Gasteiger partial charge < -0.3 is 19.9 Å². The van der Waals surface area contributed by atoms with Crippen LogP contribution in [0.15, 0.2) is 41.7 Å². The van der Waals surface area contributed by atoms with E-state index >= 15 is 0 Å². The van der Waals surface area contributed by atoms with Crippen molar-refractivity contribution in [3.63, 3.8) is 0 Å². The van der Waals surface area contributed by atoms with Gasteiger partial charge in [-0.15, -0.1) is 0 Å². The quantitative estimate of drug-likeness (QED) is 0.890. The number of nitrogens with two attached hydrogens (primary N) is 1. The van der Waals surface area contributed by atoms with Crippen LogP contribution in [0.25, 0.3) is 11.1 Å². The highest BCUT2D eigenvalue weighted by molar-refractivity contribution is 6.30. The van der Waals surface area contributed by atoms with Crippen molar-refractivity contribution in [3.8, 4) is 16.9 Å². The number of rotatable bonds is 4. The third-order valence-electron chi connectivity index (χ3n) is 4.81. The average Bonchev–Trinajstić information content (AvgIpc) is 3.01. The maximum Gasteiger partial charge on any atom is 0.283 e. The summed E-state index contributed by atoms with van der Waals surface area (Å²) >= 11 is 6.09. The first-order valence-corrected chi connectivity index (χ1v) is 8.87. The van der Waals surface area contributed by atoms with Crippen LogP contribution in [0.1, 0.15) is 18.4 Å². The van der Waals surface area contributed by atoms with Gasteiger partial charge in [-0.1, -0.05) is 17.7 Å². The molecular formula is C19H20ClN3O3. The fourth-order valence-corrected chi connectivity index (χ4v) is 3.75. The number of ether oxygens (including phenoxy) is 3. The van der Waals surface area contributed by atoms with E-state index in [9.17, 15) is 0 Å². The smallest absolute Gasteiger partial charge is 0.283 e. The van der Waals surface area contributed by atoms with Gasteiger partial charge in [-0.2, -0.15) is 0 Å². The van der Waals surface area contributed by atoms with Gasteiger partial charge in [-0.05, 0) is 23.8 Å². The monoisotopic (exact) mass is 373 g/mol. The Hall–Kier alpha value is -2.31. The van der Waals surface area contributed by atoms with Gasteiger partial charge in [0.05, 0.1) is 5.02 Å². The fourth-order valence-electron chi connectivity index (χ4n) is 3.58. The lowest BCUT2D eigenvalue weighted by Gasteiger charge is -2.37. The molecule has 26 heavy (non-hydrogen) atoms. The summed E-state index contributed by atoms with van der Waals surface area (Å²) in [5.41, 5.74) is 8.23. The fraction of sp³-hybridized carbons (Fsp3) is 0.368. The topological polar surface area (TPSA) is 79.0 Å². The van der Waals surface area contributed by atoms with Crippen LogP contribution in [0, 0.1) is 0 Å². The number of nitrogens with zero attached hydrogens (tertiary/aromatic N) is 2. The minimum absolute atomic E-state index is 0.000568. The van der Waals surface area contributed by atoms with Crippen LogP contribution in [0.4, 0.5) is 0 Å². The highest BCUT2D eigenvalue weighted by Gasteiger charge is 2.46. The van der Waals surface area contributed by atoms with Gasteiger partial charge in [0.15, 0.2) is 0 Å². The molecule has 3 heterocycles. The number of benzene rings is 1. The van der Waals surface area contributed by atoms with Crippen LogP contribution in [-0.4, -0.2) is 37.4 Å². The minimum atomic E-state index is -0.530. The summed E-state index contributed by atoms with van der Waals surface area (Å²) in [5, 5.41) is 0.595. The molecule has 136 valence electrons. The molecule has 0 saturated carbocycles. The van der Waals surface area contributed by atoms with E-state index in [1.54, 1.807) is 19.5 Å². The molecule has 1 aromatic heterocycles. The number of hydrogen-bond donors (Lipinski definition) is 1. The zero-order valence-corrected chi connectivity index (χ0v) is 15.2. The number of pyridine rings is 1. The lowest BCUT2D eigenvalue weighted by molar-refractivity contribution is 0.0743. The summed E-state index contributed by atoms with van der Waals surface area (Å²) in [7, 11) is 1.69. The van der Waals surface area contributed by atoms with Gasteiger partial charge in [0.1, 0.15) is 24.0 Å². The van der Waals surface area contributed by atoms with Crippen molar-refractivity contribution in [1.29, 1.82) is 0 Å². The summed E-state index contributed by atoms with van der Waals surface area (Å²) < 4.78 is 16.9. The van der Waals surface area contributed by atoms with E-state index in [-0.39, 0.29) is 12.1 Å². The highest BCUT2D eigenvalue weighted by atomic mass is 35.5. The van der Waals surface area contributed by atoms with E-state index in [1.807, 2.05) is 18.2 Å². The lowest BCUT2D eigenvalue weighted by atomic mass is 9.81. The predicted molar refractivity (Wildman–Crippen MR) is 99.5 cm³/mol. The maximum absolute atomic E-state index is 6.18. The van der Waals surface area contributed by atoms with Crippen molar-refractivity contribution < 1.29 is 14.2 Å². The van der Waals surface area contributed by atoms with Crippen LogP contribution in [0.5, 0.6) is 5.75 Å². The molecule has 7 heteroatoms. The van der Waals surface area contributed by atoms with Gasteiger partial charge in [0.25, 0.3) is 6.02 Å². The molecule has 2 aliphatic heterocycles. The molecule has 0 fully saturated rings. The first-order valence-electron chi connectivity index (χ1n) is 8.49. The Morgan fingerprint density at radius 1 is 1.31 bits per heavy atom. The molecule has 6 nitrogen and oxygen atoms in total. The molecule has 2 N–H and O–H groups in total. The highest BCUT2D eigenvalue weighted by Crippen LogP contribution is 2.46. The van der Waals surface area contributed by atoms with E-state index in [0.29, 0.717) is 24.7 Å². The molecule has 0 aliphatic carbocycles. The number of hydrogen-bond acceptors (Lipinski definition) is 6. The number of methoxy groups -OCH3 is 1. The van der Waals surface area contributed by atoms with E-state index in [2.05, 4.69) is 16.0 Å². The van der Waals surface area contributed by atoms with Crippen molar-refractivity contribution in [3.05, 3.63) is 47.2 Å². The zero-order valence-electron chi connectivity index (χ0n) is 14.4. The standard InChI is InChI=1S/C19H20ClN3O3/c1-24-5-4-15-8-19(11-25-18(21)23-19)16-7-12(2-3-17(16)26-15)13-6-14(20)10-22-9-13/h2-3,6-7,9-10,15H,4-5,8,11H2,1H3,(H2,21,23)/t15?,19-/m0/s1. The lowest BCUT2D eigenvalue weighted by Crippen LogP contribution is -2.39. The first kappa shape index (κ1) is 17.1. The largest absolute Gasteiger partial charge is 0.490 e. The molecule has 0 bridgehead atoms. The van der Waals surface area contributed by atoms with Gasteiger partial charge in [-0.25, -0.2) is 4.99 Å². The first-order chi connectivity index (χ1) is 12.6. The van der Waals surface area contributed by atoms with E-state index in [1.165, 1.54) is 0 Å². The Balaban J connectivity index is 1.76. The summed E-state index contributed by atoms with van der Waals surface area (Å²) in [5.74, 6) is 0.804. The Kier molecular flexibility index (Phi) is 4.46. The second kappa shape index (κ2) is 6.78. The van der Waals surface area contributed by atoms with Crippen LogP contribution < -0.4 is 10.5 Å². The van der Waals surface area contributed by atoms with Gasteiger partial charge in [0, 0.05) is 50.1 Å². The normalized spacial score (nSPS) is 23.9. The molecule has 4 rings (SSSR count). The Morgan fingerprint density at radius 2 is 2.19 bits per heavy atom. The Labute approximate surface area is 156 Å². The van der Waals surface area contributed by atoms with Crippen molar-refractivity contribution in [1.82, 2.24) is 4.98 Å². The maximum atomic E-state index is 6.18. The molecule has 2 aliphatic rings. The minimum Gasteiger partial charge on any atom is -0.490 e. The third kappa shape index (κ3) is 3.10. The Bertz CT molecular complexity index is 858. The van der Waals surface area contributed by atoms with E-state index in [4.69, 9.17) is 31.5 Å². The van der Waals surface area contributed by atoms with E-state index < -0.39 is 5.54 Å². The van der Waals surface area contributed by atoms with Crippen molar-refractivity contribution in [2.75, 3.05) is 20.3 Å². The van der Waals surface area contributed by atoms with Crippen LogP contribution in [-0.2, 0) is 15.0 Å². The summed E-state index contributed by atoms with van der Waals surface area (Å²) in [6.07, 6.45) is 4.88. The summed E-state index contributed by atoms with van der Waals surface area (Å²) in [6.45, 7) is 1.04. The molecule has 1 unspecified atom stereocenters. The molecule has 2 aromatic rings. The van der Waals surface area contributed by atoms with Crippen LogP contribution in [0.2, 0.25) is 5.02 Å². The van der Waals surface area contributed by atoms with Gasteiger partial charge in [-0.3, -0.25) is 4.98 Å². The van der Waals surface area contributed by atoms with Crippen LogP contribution in [0.3, 0.4) is 0 Å². The predicted octanol–water partition coefficient (Wildman–Crippen LogP) is 3.13. The molecular weight excluding hydrogens is 354 g/mol. The molecule has 0 amide bonds. The molecule has 2 atom stereocenters. The van der Waals surface area contributed by atoms with Crippen molar-refractivity contribution >= 4 is 17.6 Å². The van der Waals surface area contributed by atoms with Crippen molar-refractivity contribution in [2.45, 2.75) is 24.5 Å². The molecule has 1 aromatic carbocycles. The van der Waals surface area contributed by atoms with E-state index in [0.717, 1.165) is 28.9 Å². The number of amidine groups is 1. The molecule has 1 spiro atoms. The van der Waals surface area contributed by atoms with Gasteiger partial charge in [0.2, 0.25) is 0 Å². The summed E-state index contributed by atoms with van der Waals surface area (Å²) in [6, 6.07) is 8.15. The number of aromatic nitrogens is 1. The summed E-state index contributed by atoms with van der Waals surface area (Å²) in [4.78, 5) is 8.81. The van der Waals surface area contributed by atoms with Crippen LogP contribution >= 0.6 is 11.6 Å².